The molecule has 0 aliphatic carbocycles. The average molecular weight is 355 g/mol. The minimum atomic E-state index is -0.110. The van der Waals surface area contributed by atoms with Crippen LogP contribution in [0.4, 0.5) is 11.4 Å². The summed E-state index contributed by atoms with van der Waals surface area (Å²) in [5, 5.41) is 2.80. The van der Waals surface area contributed by atoms with Crippen molar-refractivity contribution in [2.24, 2.45) is 0 Å². The number of carbonyl (C=O) groups excluding carboxylic acids is 2. The van der Waals surface area contributed by atoms with Gasteiger partial charge in [-0.2, -0.15) is 0 Å². The van der Waals surface area contributed by atoms with Gasteiger partial charge in [-0.3, -0.25) is 9.59 Å². The van der Waals surface area contributed by atoms with Crippen molar-refractivity contribution in [3.05, 3.63) is 48.4 Å². The van der Waals surface area contributed by atoms with E-state index in [2.05, 4.69) is 10.2 Å². The highest BCUT2D eigenvalue weighted by Gasteiger charge is 2.16. The van der Waals surface area contributed by atoms with Crippen molar-refractivity contribution < 1.29 is 14.0 Å². The molecule has 1 fully saturated rings. The lowest BCUT2D eigenvalue weighted by atomic mass is 10.2. The van der Waals surface area contributed by atoms with Crippen LogP contribution in [0.3, 0.4) is 0 Å². The van der Waals surface area contributed by atoms with Gasteiger partial charge in [0.05, 0.1) is 12.8 Å². The predicted molar refractivity (Wildman–Crippen MR) is 101 cm³/mol. The van der Waals surface area contributed by atoms with Crippen LogP contribution in [0, 0.1) is 0 Å². The highest BCUT2D eigenvalue weighted by molar-refractivity contribution is 5.92. The van der Waals surface area contributed by atoms with Crippen molar-refractivity contribution in [1.29, 1.82) is 0 Å². The molecule has 0 saturated carbocycles. The lowest BCUT2D eigenvalue weighted by Gasteiger charge is -2.23. The highest BCUT2D eigenvalue weighted by atomic mass is 16.3. The molecule has 0 atom stereocenters. The number of amides is 2. The van der Waals surface area contributed by atoms with E-state index in [0.717, 1.165) is 18.8 Å². The van der Waals surface area contributed by atoms with E-state index in [9.17, 15) is 9.59 Å². The van der Waals surface area contributed by atoms with E-state index in [1.807, 2.05) is 30.3 Å². The first-order valence-corrected chi connectivity index (χ1v) is 9.05. The van der Waals surface area contributed by atoms with Gasteiger partial charge in [-0.25, -0.2) is 0 Å². The molecule has 1 saturated heterocycles. The van der Waals surface area contributed by atoms with E-state index in [1.165, 1.54) is 25.5 Å². The normalized spacial score (nSPS) is 13.7. The van der Waals surface area contributed by atoms with E-state index in [1.54, 1.807) is 17.2 Å². The second-order valence-corrected chi connectivity index (χ2v) is 6.49. The van der Waals surface area contributed by atoms with E-state index >= 15 is 0 Å². The molecule has 0 radical (unpaired) electrons. The molecule has 6 nitrogen and oxygen atoms in total. The van der Waals surface area contributed by atoms with Gasteiger partial charge < -0.3 is 19.5 Å². The molecule has 1 aliphatic heterocycles. The van der Waals surface area contributed by atoms with Gasteiger partial charge >= 0.3 is 0 Å². The Bertz CT molecular complexity index is 719. The van der Waals surface area contributed by atoms with Crippen LogP contribution in [0.2, 0.25) is 0 Å². The number of furan rings is 1. The van der Waals surface area contributed by atoms with Gasteiger partial charge in [0.15, 0.2) is 0 Å². The molecule has 2 aromatic rings. The van der Waals surface area contributed by atoms with Crippen LogP contribution in [0.25, 0.3) is 0 Å². The van der Waals surface area contributed by atoms with Crippen LogP contribution in [-0.2, 0) is 16.1 Å². The predicted octanol–water partition coefficient (Wildman–Crippen LogP) is 2.94. The zero-order chi connectivity index (χ0) is 18.4. The Morgan fingerprint density at radius 1 is 1.15 bits per heavy atom. The summed E-state index contributed by atoms with van der Waals surface area (Å²) in [6.45, 7) is 4.41. The molecule has 1 aliphatic rings. The lowest BCUT2D eigenvalue weighted by molar-refractivity contribution is -0.121. The first-order valence-electron chi connectivity index (χ1n) is 9.05. The smallest absolute Gasteiger partial charge is 0.223 e. The van der Waals surface area contributed by atoms with Crippen LogP contribution in [0.5, 0.6) is 0 Å². The van der Waals surface area contributed by atoms with Crippen molar-refractivity contribution in [1.82, 2.24) is 5.32 Å². The fourth-order valence-corrected chi connectivity index (χ4v) is 3.19. The van der Waals surface area contributed by atoms with Crippen LogP contribution in [0.15, 0.2) is 47.1 Å². The van der Waals surface area contributed by atoms with Crippen molar-refractivity contribution in [3.63, 3.8) is 0 Å². The lowest BCUT2D eigenvalue weighted by Crippen LogP contribution is -2.33. The average Bonchev–Trinajstić information content (AvgIpc) is 3.34. The third kappa shape index (κ3) is 4.65. The van der Waals surface area contributed by atoms with Crippen molar-refractivity contribution >= 4 is 23.2 Å². The van der Waals surface area contributed by atoms with Crippen LogP contribution < -0.4 is 15.1 Å². The van der Waals surface area contributed by atoms with Gasteiger partial charge in [0.1, 0.15) is 5.76 Å². The van der Waals surface area contributed by atoms with Gasteiger partial charge in [-0.1, -0.05) is 0 Å². The standard InChI is InChI=1S/C20H25N3O3/c1-16(24)23(13-10-20(25)21-15-19-5-4-14-26-19)18-8-6-17(7-9-18)22-11-2-3-12-22/h4-9,14H,2-3,10-13,15H2,1H3,(H,21,25). The molecule has 2 heterocycles. The van der Waals surface area contributed by atoms with Crippen molar-refractivity contribution in [3.8, 4) is 0 Å². The Hall–Kier alpha value is -2.76. The Balaban J connectivity index is 1.54. The molecule has 1 aromatic carbocycles. The molecule has 6 heteroatoms. The zero-order valence-corrected chi connectivity index (χ0v) is 15.1. The molecule has 0 unspecified atom stereocenters. The molecule has 2 amide bonds. The van der Waals surface area contributed by atoms with Crippen molar-refractivity contribution in [2.45, 2.75) is 32.7 Å². The summed E-state index contributed by atoms with van der Waals surface area (Å²) in [5.41, 5.74) is 2.00. The Labute approximate surface area is 153 Å². The second kappa shape index (κ2) is 8.56. The molecule has 26 heavy (non-hydrogen) atoms. The maximum Gasteiger partial charge on any atom is 0.223 e. The second-order valence-electron chi connectivity index (χ2n) is 6.49. The van der Waals surface area contributed by atoms with Crippen molar-refractivity contribution in [2.75, 3.05) is 29.4 Å². The van der Waals surface area contributed by atoms with Gasteiger partial charge in [0.25, 0.3) is 0 Å². The molecular weight excluding hydrogens is 330 g/mol. The topological polar surface area (TPSA) is 65.8 Å². The molecule has 0 bridgehead atoms. The Morgan fingerprint density at radius 3 is 2.50 bits per heavy atom. The van der Waals surface area contributed by atoms with E-state index < -0.39 is 0 Å². The summed E-state index contributed by atoms with van der Waals surface area (Å²) < 4.78 is 5.19. The molecule has 0 spiro atoms. The van der Waals surface area contributed by atoms with Crippen LogP contribution in [-0.4, -0.2) is 31.4 Å². The number of hydrogen-bond acceptors (Lipinski definition) is 4. The highest BCUT2D eigenvalue weighted by Crippen LogP contribution is 2.24. The third-order valence-corrected chi connectivity index (χ3v) is 4.62. The largest absolute Gasteiger partial charge is 0.467 e. The monoisotopic (exact) mass is 355 g/mol. The summed E-state index contributed by atoms with van der Waals surface area (Å²) in [7, 11) is 0. The minimum absolute atomic E-state index is 0.0715. The number of nitrogens with zero attached hydrogens (tertiary/aromatic N) is 2. The Morgan fingerprint density at radius 2 is 1.88 bits per heavy atom. The summed E-state index contributed by atoms with van der Waals surface area (Å²) in [5.74, 6) is 0.526. The van der Waals surface area contributed by atoms with Gasteiger partial charge in [-0.15, -0.1) is 0 Å². The number of benzene rings is 1. The fourth-order valence-electron chi connectivity index (χ4n) is 3.19. The molecule has 3 rings (SSSR count). The number of anilines is 2. The summed E-state index contributed by atoms with van der Waals surface area (Å²) in [6.07, 6.45) is 4.28. The number of carbonyl (C=O) groups is 2. The third-order valence-electron chi connectivity index (χ3n) is 4.62. The van der Waals surface area contributed by atoms with E-state index in [-0.39, 0.29) is 18.2 Å². The van der Waals surface area contributed by atoms with Gasteiger partial charge in [0, 0.05) is 44.4 Å². The summed E-state index contributed by atoms with van der Waals surface area (Å²) in [4.78, 5) is 28.0. The summed E-state index contributed by atoms with van der Waals surface area (Å²) >= 11 is 0. The van der Waals surface area contributed by atoms with E-state index in [4.69, 9.17) is 4.42 Å². The van der Waals surface area contributed by atoms with Crippen LogP contribution in [0.1, 0.15) is 31.9 Å². The number of hydrogen-bond donors (Lipinski definition) is 1. The van der Waals surface area contributed by atoms with Gasteiger partial charge in [0.2, 0.25) is 11.8 Å². The fraction of sp³-hybridized carbons (Fsp3) is 0.400. The number of rotatable bonds is 7. The number of nitrogens with one attached hydrogen (secondary N) is 1. The maximum atomic E-state index is 12.0. The Kier molecular flexibility index (Phi) is 5.94. The molecule has 1 N–H and O–H groups in total. The summed E-state index contributed by atoms with van der Waals surface area (Å²) in [6, 6.07) is 11.6. The SMILES string of the molecule is CC(=O)N(CCC(=O)NCc1ccco1)c1ccc(N2CCCC2)cc1. The molecule has 138 valence electrons. The molecular formula is C20H25N3O3. The quantitative estimate of drug-likeness (QED) is 0.829. The van der Waals surface area contributed by atoms with E-state index in [0.29, 0.717) is 18.8 Å². The first kappa shape index (κ1) is 18.0. The minimum Gasteiger partial charge on any atom is -0.467 e. The van der Waals surface area contributed by atoms with Gasteiger partial charge in [-0.05, 0) is 49.2 Å². The zero-order valence-electron chi connectivity index (χ0n) is 15.1. The first-order chi connectivity index (χ1) is 12.6. The maximum absolute atomic E-state index is 12.0. The van der Waals surface area contributed by atoms with Crippen LogP contribution >= 0.6 is 0 Å². The molecule has 1 aromatic heterocycles.